The third kappa shape index (κ3) is 6.13. The molecular formula is C34H37ClN2O4. The van der Waals surface area contributed by atoms with Gasteiger partial charge in [-0.2, -0.15) is 0 Å². The number of carboxylic acids is 1. The van der Waals surface area contributed by atoms with Gasteiger partial charge >= 0.3 is 5.97 Å². The number of nitrogens with zero attached hydrogens (tertiary/aromatic N) is 1. The predicted molar refractivity (Wildman–Crippen MR) is 163 cm³/mol. The molecule has 1 aliphatic carbocycles. The van der Waals surface area contributed by atoms with E-state index >= 15 is 0 Å². The van der Waals surface area contributed by atoms with Crippen molar-refractivity contribution in [3.05, 3.63) is 99.2 Å². The van der Waals surface area contributed by atoms with Crippen molar-refractivity contribution in [2.24, 2.45) is 5.92 Å². The molecule has 6 nitrogen and oxygen atoms in total. The first kappa shape index (κ1) is 28.7. The second-order valence-electron chi connectivity index (χ2n) is 11.5. The van der Waals surface area contributed by atoms with Gasteiger partial charge in [0.25, 0.3) is 5.91 Å². The van der Waals surface area contributed by atoms with Crippen LogP contribution in [0.2, 0.25) is 5.02 Å². The van der Waals surface area contributed by atoms with Crippen LogP contribution in [0.5, 0.6) is 5.75 Å². The molecule has 2 N–H and O–H groups in total. The number of carbonyl (C=O) groups excluding carboxylic acids is 1. The third-order valence-corrected chi connectivity index (χ3v) is 8.60. The van der Waals surface area contributed by atoms with Crippen molar-refractivity contribution >= 4 is 34.4 Å². The quantitative estimate of drug-likeness (QED) is 0.203. The molecule has 1 saturated carbocycles. The highest BCUT2D eigenvalue weighted by molar-refractivity contribution is 6.31. The fourth-order valence-electron chi connectivity index (χ4n) is 5.36. The Morgan fingerprint density at radius 1 is 1.02 bits per heavy atom. The maximum absolute atomic E-state index is 13.3. The van der Waals surface area contributed by atoms with Gasteiger partial charge in [0.15, 0.2) is 6.10 Å². The Labute approximate surface area is 246 Å². The molecule has 1 aromatic heterocycles. The van der Waals surface area contributed by atoms with E-state index in [4.69, 9.17) is 16.3 Å². The number of aryl methyl sites for hydroxylation is 1. The predicted octanol–water partition coefficient (Wildman–Crippen LogP) is 7.82. The first-order valence-electron chi connectivity index (χ1n) is 14.2. The molecule has 0 bridgehead atoms. The lowest BCUT2D eigenvalue weighted by molar-refractivity contribution is -0.146. The fourth-order valence-corrected chi connectivity index (χ4v) is 5.53. The fraction of sp³-hybridized carbons (Fsp3) is 0.353. The van der Waals surface area contributed by atoms with Gasteiger partial charge in [-0.05, 0) is 98.2 Å². The van der Waals surface area contributed by atoms with E-state index in [1.165, 1.54) is 5.56 Å². The van der Waals surface area contributed by atoms with Crippen LogP contribution in [-0.2, 0) is 11.3 Å². The van der Waals surface area contributed by atoms with Gasteiger partial charge in [-0.3, -0.25) is 4.79 Å². The van der Waals surface area contributed by atoms with Crippen LogP contribution in [0, 0.1) is 19.8 Å². The number of carbonyl (C=O) groups is 2. The van der Waals surface area contributed by atoms with Crippen LogP contribution in [0.25, 0.3) is 10.9 Å². The Morgan fingerprint density at radius 2 is 1.76 bits per heavy atom. The van der Waals surface area contributed by atoms with Gasteiger partial charge in [0.1, 0.15) is 5.75 Å². The molecule has 41 heavy (non-hydrogen) atoms. The monoisotopic (exact) mass is 572 g/mol. The molecule has 0 radical (unpaired) electrons. The molecular weight excluding hydrogens is 536 g/mol. The van der Waals surface area contributed by atoms with Crippen molar-refractivity contribution in [1.82, 2.24) is 9.88 Å². The lowest BCUT2D eigenvalue weighted by atomic mass is 9.98. The summed E-state index contributed by atoms with van der Waals surface area (Å²) in [6.07, 6.45) is 0.900. The van der Waals surface area contributed by atoms with Crippen LogP contribution in [0.15, 0.2) is 60.7 Å². The van der Waals surface area contributed by atoms with Gasteiger partial charge in [-0.25, -0.2) is 4.79 Å². The molecule has 1 heterocycles. The van der Waals surface area contributed by atoms with Gasteiger partial charge in [0, 0.05) is 39.6 Å². The van der Waals surface area contributed by atoms with Crippen LogP contribution in [0.4, 0.5) is 0 Å². The Bertz CT molecular complexity index is 1620. The number of nitrogens with one attached hydrogen (secondary N) is 1. The van der Waals surface area contributed by atoms with Crippen LogP contribution in [0.1, 0.15) is 83.9 Å². The highest BCUT2D eigenvalue weighted by atomic mass is 35.5. The zero-order chi connectivity index (χ0) is 29.4. The van der Waals surface area contributed by atoms with Gasteiger partial charge in [-0.15, -0.1) is 0 Å². The second-order valence-corrected chi connectivity index (χ2v) is 11.9. The minimum absolute atomic E-state index is 0.0597. The van der Waals surface area contributed by atoms with Gasteiger partial charge in [0.05, 0.1) is 6.04 Å². The van der Waals surface area contributed by atoms with Gasteiger partial charge in [-0.1, -0.05) is 49.7 Å². The number of hydrogen-bond acceptors (Lipinski definition) is 3. The summed E-state index contributed by atoms with van der Waals surface area (Å²) in [6, 6.07) is 19.3. The number of halogens is 1. The molecule has 5 rings (SSSR count). The standard InChI is InChI=1S/C34H37ClN2O4/c1-19(2)24-7-6-8-25(15-24)21(4)36-33(38)26-11-14-31-29(17-26)20(3)22(5)37(31)18-27-16-28(12-13-30(27)35)41-32(34(39)40)23-9-10-23/h6-8,11-17,19,21,23,32H,9-10,18H2,1-5H3,(H,36,38)(H,39,40)/t21-,32-/m0/s1. The van der Waals surface area contributed by atoms with Crippen molar-refractivity contribution in [2.45, 2.75) is 72.1 Å². The normalized spacial score (nSPS) is 14.7. The average molecular weight is 573 g/mol. The summed E-state index contributed by atoms with van der Waals surface area (Å²) < 4.78 is 8.04. The smallest absolute Gasteiger partial charge is 0.345 e. The zero-order valence-electron chi connectivity index (χ0n) is 24.2. The van der Waals surface area contributed by atoms with E-state index in [0.29, 0.717) is 28.8 Å². The van der Waals surface area contributed by atoms with Gasteiger partial charge < -0.3 is 19.7 Å². The van der Waals surface area contributed by atoms with Crippen LogP contribution >= 0.6 is 11.6 Å². The van der Waals surface area contributed by atoms with Crippen LogP contribution in [0.3, 0.4) is 0 Å². The number of amides is 1. The number of aromatic nitrogens is 1. The Morgan fingerprint density at radius 3 is 2.44 bits per heavy atom. The van der Waals surface area contributed by atoms with E-state index < -0.39 is 12.1 Å². The molecule has 1 fully saturated rings. The molecule has 0 saturated heterocycles. The van der Waals surface area contributed by atoms with Crippen molar-refractivity contribution in [3.63, 3.8) is 0 Å². The SMILES string of the molecule is Cc1c(C)n(Cc2cc(O[C@H](C(=O)O)C3CC3)ccc2Cl)c2ccc(C(=O)N[C@@H](C)c3cccc(C(C)C)c3)cc12. The minimum Gasteiger partial charge on any atom is -0.478 e. The second kappa shape index (κ2) is 11.6. The van der Waals surface area contributed by atoms with Crippen LogP contribution in [-0.4, -0.2) is 27.7 Å². The summed E-state index contributed by atoms with van der Waals surface area (Å²) in [5, 5.41) is 14.3. The number of fused-ring (bicyclic) bond motifs is 1. The summed E-state index contributed by atoms with van der Waals surface area (Å²) in [7, 11) is 0. The molecule has 4 aromatic rings. The number of carboxylic acid groups (broad SMARTS) is 1. The summed E-state index contributed by atoms with van der Waals surface area (Å²) in [6.45, 7) is 10.9. The molecule has 1 aliphatic rings. The first-order chi connectivity index (χ1) is 19.5. The summed E-state index contributed by atoms with van der Waals surface area (Å²) >= 11 is 6.58. The molecule has 3 aromatic carbocycles. The van der Waals surface area contributed by atoms with E-state index in [-0.39, 0.29) is 17.9 Å². The van der Waals surface area contributed by atoms with Crippen molar-refractivity contribution in [2.75, 3.05) is 0 Å². The van der Waals surface area contributed by atoms with E-state index in [9.17, 15) is 14.7 Å². The Hall–Kier alpha value is -3.77. The lowest BCUT2D eigenvalue weighted by Gasteiger charge is -2.17. The maximum atomic E-state index is 13.3. The molecule has 0 aliphatic heterocycles. The first-order valence-corrected chi connectivity index (χ1v) is 14.6. The van der Waals surface area contributed by atoms with Gasteiger partial charge in [0.2, 0.25) is 0 Å². The topological polar surface area (TPSA) is 80.6 Å². The molecule has 0 spiro atoms. The highest BCUT2D eigenvalue weighted by Crippen LogP contribution is 2.36. The van der Waals surface area contributed by atoms with E-state index in [1.54, 1.807) is 12.1 Å². The molecule has 1 amide bonds. The summed E-state index contributed by atoms with van der Waals surface area (Å²) in [5.74, 6) is -0.0725. The number of aliphatic carboxylic acids is 1. The molecule has 7 heteroatoms. The van der Waals surface area contributed by atoms with E-state index in [1.807, 2.05) is 43.3 Å². The van der Waals surface area contributed by atoms with Crippen LogP contribution < -0.4 is 10.1 Å². The van der Waals surface area contributed by atoms with Crippen molar-refractivity contribution < 1.29 is 19.4 Å². The van der Waals surface area contributed by atoms with E-state index in [2.05, 4.69) is 49.7 Å². The minimum atomic E-state index is -0.940. The number of benzene rings is 3. The number of ether oxygens (including phenoxy) is 1. The van der Waals surface area contributed by atoms with E-state index in [0.717, 1.165) is 46.1 Å². The Balaban J connectivity index is 1.38. The van der Waals surface area contributed by atoms with Crippen molar-refractivity contribution in [1.29, 1.82) is 0 Å². The maximum Gasteiger partial charge on any atom is 0.345 e. The third-order valence-electron chi connectivity index (χ3n) is 8.23. The lowest BCUT2D eigenvalue weighted by Crippen LogP contribution is -2.29. The Kier molecular flexibility index (Phi) is 8.14. The molecule has 2 atom stereocenters. The molecule has 214 valence electrons. The highest BCUT2D eigenvalue weighted by Gasteiger charge is 2.38. The van der Waals surface area contributed by atoms with Crippen molar-refractivity contribution in [3.8, 4) is 5.75 Å². The zero-order valence-corrected chi connectivity index (χ0v) is 25.0. The summed E-state index contributed by atoms with van der Waals surface area (Å²) in [4.78, 5) is 24.9. The summed E-state index contributed by atoms with van der Waals surface area (Å²) in [5.41, 5.74) is 6.94. The average Bonchev–Trinajstić information content (AvgIpc) is 3.76. The molecule has 0 unspecified atom stereocenters. The number of rotatable bonds is 10. The largest absolute Gasteiger partial charge is 0.478 e. The number of hydrogen-bond donors (Lipinski definition) is 2.